The lowest BCUT2D eigenvalue weighted by molar-refractivity contribution is -0.137. The first-order chi connectivity index (χ1) is 14.4. The van der Waals surface area contributed by atoms with Crippen LogP contribution >= 0.6 is 0 Å². The molecule has 1 aromatic carbocycles. The van der Waals surface area contributed by atoms with Crippen LogP contribution in [0.2, 0.25) is 0 Å². The number of nitrogens with zero attached hydrogens (tertiary/aromatic N) is 2. The molecule has 2 heterocycles. The van der Waals surface area contributed by atoms with Gasteiger partial charge in [0.25, 0.3) is 11.8 Å². The van der Waals surface area contributed by atoms with E-state index in [0.29, 0.717) is 23.7 Å². The summed E-state index contributed by atoms with van der Waals surface area (Å²) in [6.45, 7) is 10.5. The standard InChI is InChI=1S/C25H36N2O3/c1-5-6-7-8-16-27-24(28)22(20-11-13-21(14-12-20)30-18(2)3)23(25(27)29)26-15-9-10-19(4)17-26/h11-14,18-19H,5-10,15-17H2,1-4H3. The molecule has 1 fully saturated rings. The Balaban J connectivity index is 1.90. The summed E-state index contributed by atoms with van der Waals surface area (Å²) in [4.78, 5) is 30.3. The van der Waals surface area contributed by atoms with E-state index in [-0.39, 0.29) is 17.9 Å². The molecule has 1 atom stereocenters. The fraction of sp³-hybridized carbons (Fsp3) is 0.600. The third-order valence-corrected chi connectivity index (χ3v) is 5.87. The van der Waals surface area contributed by atoms with Gasteiger partial charge in [0.15, 0.2) is 0 Å². The Morgan fingerprint density at radius 2 is 1.80 bits per heavy atom. The lowest BCUT2D eigenvalue weighted by atomic mass is 9.97. The molecule has 0 radical (unpaired) electrons. The van der Waals surface area contributed by atoms with Crippen LogP contribution in [-0.4, -0.2) is 47.4 Å². The van der Waals surface area contributed by atoms with Crippen LogP contribution in [0, 0.1) is 5.92 Å². The van der Waals surface area contributed by atoms with Gasteiger partial charge in [-0.1, -0.05) is 45.2 Å². The molecule has 0 aliphatic carbocycles. The Morgan fingerprint density at radius 3 is 2.43 bits per heavy atom. The van der Waals surface area contributed by atoms with Gasteiger partial charge in [-0.3, -0.25) is 14.5 Å². The average molecular weight is 413 g/mol. The first-order valence-electron chi connectivity index (χ1n) is 11.5. The molecule has 2 aliphatic heterocycles. The lowest BCUT2D eigenvalue weighted by Crippen LogP contribution is -2.39. The largest absolute Gasteiger partial charge is 0.491 e. The summed E-state index contributed by atoms with van der Waals surface area (Å²) in [6.07, 6.45) is 6.48. The molecule has 5 heteroatoms. The van der Waals surface area contributed by atoms with Gasteiger partial charge in [0, 0.05) is 19.6 Å². The molecule has 164 valence electrons. The third-order valence-electron chi connectivity index (χ3n) is 5.87. The molecule has 1 aromatic rings. The average Bonchev–Trinajstić information content (AvgIpc) is 2.96. The summed E-state index contributed by atoms with van der Waals surface area (Å²) in [5.74, 6) is 1.02. The second kappa shape index (κ2) is 10.1. The Morgan fingerprint density at radius 1 is 1.07 bits per heavy atom. The molecule has 5 nitrogen and oxygen atoms in total. The molecule has 0 bridgehead atoms. The summed E-state index contributed by atoms with van der Waals surface area (Å²) in [6, 6.07) is 7.60. The van der Waals surface area contributed by atoms with Gasteiger partial charge < -0.3 is 9.64 Å². The number of carbonyl (C=O) groups excluding carboxylic acids is 2. The normalized spacial score (nSPS) is 20.0. The van der Waals surface area contributed by atoms with Gasteiger partial charge in [-0.25, -0.2) is 0 Å². The molecular formula is C25H36N2O3. The van der Waals surface area contributed by atoms with Crippen molar-refractivity contribution in [2.24, 2.45) is 5.92 Å². The fourth-order valence-corrected chi connectivity index (χ4v) is 4.38. The monoisotopic (exact) mass is 412 g/mol. The van der Waals surface area contributed by atoms with E-state index in [1.807, 2.05) is 38.1 Å². The van der Waals surface area contributed by atoms with Gasteiger partial charge in [0.2, 0.25) is 0 Å². The minimum Gasteiger partial charge on any atom is -0.491 e. The Bertz CT molecular complexity index is 782. The summed E-state index contributed by atoms with van der Waals surface area (Å²) in [7, 11) is 0. The van der Waals surface area contributed by atoms with E-state index >= 15 is 0 Å². The summed E-state index contributed by atoms with van der Waals surface area (Å²) >= 11 is 0. The van der Waals surface area contributed by atoms with Crippen molar-refractivity contribution in [1.82, 2.24) is 9.80 Å². The van der Waals surface area contributed by atoms with E-state index in [9.17, 15) is 9.59 Å². The molecule has 3 rings (SSSR count). The number of ether oxygens (including phenoxy) is 1. The zero-order valence-corrected chi connectivity index (χ0v) is 18.9. The summed E-state index contributed by atoms with van der Waals surface area (Å²) < 4.78 is 5.75. The van der Waals surface area contributed by atoms with Crippen molar-refractivity contribution in [1.29, 1.82) is 0 Å². The van der Waals surface area contributed by atoms with Crippen molar-refractivity contribution in [3.05, 3.63) is 35.5 Å². The molecule has 0 N–H and O–H groups in total. The first kappa shape index (κ1) is 22.4. The van der Waals surface area contributed by atoms with Crippen LogP contribution in [0.1, 0.15) is 71.8 Å². The van der Waals surface area contributed by atoms with Crippen molar-refractivity contribution in [3.8, 4) is 5.75 Å². The van der Waals surface area contributed by atoms with Crippen LogP contribution in [-0.2, 0) is 9.59 Å². The minimum absolute atomic E-state index is 0.0915. The number of amides is 2. The van der Waals surface area contributed by atoms with E-state index in [2.05, 4.69) is 18.7 Å². The van der Waals surface area contributed by atoms with Gasteiger partial charge in [0.05, 0.1) is 11.7 Å². The quantitative estimate of drug-likeness (QED) is 0.429. The molecule has 2 amide bonds. The number of hydrogen-bond donors (Lipinski definition) is 0. The number of rotatable bonds is 9. The van der Waals surface area contributed by atoms with Crippen LogP contribution in [0.4, 0.5) is 0 Å². The van der Waals surface area contributed by atoms with Crippen LogP contribution in [0.3, 0.4) is 0 Å². The van der Waals surface area contributed by atoms with E-state index in [4.69, 9.17) is 4.74 Å². The van der Waals surface area contributed by atoms with Crippen molar-refractivity contribution in [2.45, 2.75) is 72.3 Å². The minimum atomic E-state index is -0.151. The Hall–Kier alpha value is -2.30. The van der Waals surface area contributed by atoms with Gasteiger partial charge >= 0.3 is 0 Å². The number of carbonyl (C=O) groups is 2. The lowest BCUT2D eigenvalue weighted by Gasteiger charge is -2.33. The van der Waals surface area contributed by atoms with Crippen molar-refractivity contribution < 1.29 is 14.3 Å². The molecule has 0 spiro atoms. The van der Waals surface area contributed by atoms with Gasteiger partial charge in [-0.2, -0.15) is 0 Å². The molecule has 2 aliphatic rings. The molecule has 30 heavy (non-hydrogen) atoms. The smallest absolute Gasteiger partial charge is 0.277 e. The van der Waals surface area contributed by atoms with Crippen LogP contribution < -0.4 is 4.74 Å². The van der Waals surface area contributed by atoms with Crippen LogP contribution in [0.15, 0.2) is 30.0 Å². The maximum absolute atomic E-state index is 13.4. The van der Waals surface area contributed by atoms with E-state index in [1.165, 1.54) is 11.3 Å². The highest BCUT2D eigenvalue weighted by atomic mass is 16.5. The molecule has 0 saturated carbocycles. The maximum Gasteiger partial charge on any atom is 0.277 e. The summed E-state index contributed by atoms with van der Waals surface area (Å²) in [5.41, 5.74) is 1.95. The highest BCUT2D eigenvalue weighted by Gasteiger charge is 2.41. The number of benzene rings is 1. The maximum atomic E-state index is 13.4. The second-order valence-electron chi connectivity index (χ2n) is 8.93. The van der Waals surface area contributed by atoms with Crippen molar-refractivity contribution in [3.63, 3.8) is 0 Å². The molecule has 0 aromatic heterocycles. The predicted octanol–water partition coefficient (Wildman–Crippen LogP) is 4.87. The Labute approximate surface area is 181 Å². The topological polar surface area (TPSA) is 49.9 Å². The van der Waals surface area contributed by atoms with E-state index < -0.39 is 0 Å². The van der Waals surface area contributed by atoms with E-state index in [0.717, 1.165) is 56.5 Å². The van der Waals surface area contributed by atoms with Gasteiger partial charge in [-0.05, 0) is 56.7 Å². The Kier molecular flexibility index (Phi) is 7.57. The number of hydrogen-bond acceptors (Lipinski definition) is 4. The highest BCUT2D eigenvalue weighted by molar-refractivity contribution is 6.35. The molecule has 1 unspecified atom stereocenters. The first-order valence-corrected chi connectivity index (χ1v) is 11.5. The number of unbranched alkanes of at least 4 members (excludes halogenated alkanes) is 3. The number of imide groups is 1. The SMILES string of the molecule is CCCCCCN1C(=O)C(c2ccc(OC(C)C)cc2)=C(N2CCCC(C)C2)C1=O. The van der Waals surface area contributed by atoms with Crippen molar-refractivity contribution in [2.75, 3.05) is 19.6 Å². The van der Waals surface area contributed by atoms with E-state index in [1.54, 1.807) is 0 Å². The van der Waals surface area contributed by atoms with Crippen molar-refractivity contribution >= 4 is 17.4 Å². The zero-order chi connectivity index (χ0) is 21.7. The number of piperidine rings is 1. The molecular weight excluding hydrogens is 376 g/mol. The summed E-state index contributed by atoms with van der Waals surface area (Å²) in [5, 5.41) is 0. The molecule has 1 saturated heterocycles. The highest BCUT2D eigenvalue weighted by Crippen LogP contribution is 2.34. The zero-order valence-electron chi connectivity index (χ0n) is 18.9. The van der Waals surface area contributed by atoms with Crippen LogP contribution in [0.25, 0.3) is 5.57 Å². The second-order valence-corrected chi connectivity index (χ2v) is 8.93. The van der Waals surface area contributed by atoms with Crippen LogP contribution in [0.5, 0.6) is 5.75 Å². The van der Waals surface area contributed by atoms with Gasteiger partial charge in [-0.15, -0.1) is 0 Å². The number of likely N-dealkylation sites (tertiary alicyclic amines) is 1. The fourth-order valence-electron chi connectivity index (χ4n) is 4.38. The van der Waals surface area contributed by atoms with Gasteiger partial charge in [0.1, 0.15) is 11.4 Å². The predicted molar refractivity (Wildman–Crippen MR) is 120 cm³/mol. The third kappa shape index (κ3) is 5.05.